The average Bonchev–Trinajstić information content (AvgIpc) is 3.14. The van der Waals surface area contributed by atoms with Gasteiger partial charge in [0, 0.05) is 35.5 Å². The molecule has 1 unspecified atom stereocenters. The van der Waals surface area contributed by atoms with Crippen molar-refractivity contribution in [3.8, 4) is 0 Å². The van der Waals surface area contributed by atoms with Crippen LogP contribution in [0.5, 0.6) is 0 Å². The van der Waals surface area contributed by atoms with Crippen molar-refractivity contribution in [2.75, 3.05) is 23.7 Å². The van der Waals surface area contributed by atoms with Crippen LogP contribution in [0.15, 0.2) is 28.4 Å². The third-order valence-electron chi connectivity index (χ3n) is 6.57. The lowest BCUT2D eigenvalue weighted by Crippen LogP contribution is -2.53. The van der Waals surface area contributed by atoms with Crippen molar-refractivity contribution in [2.45, 2.75) is 73.6 Å². The molecule has 1 aliphatic carbocycles. The summed E-state index contributed by atoms with van der Waals surface area (Å²) in [5.41, 5.74) is 6.05. The average molecular weight is 621 g/mol. The summed E-state index contributed by atoms with van der Waals surface area (Å²) < 4.78 is 16.8. The highest BCUT2D eigenvalue weighted by atomic mass is 127. The van der Waals surface area contributed by atoms with E-state index in [1.165, 1.54) is 24.6 Å². The number of hydrogen-bond donors (Lipinski definition) is 2. The molecule has 2 aromatic heterocycles. The minimum atomic E-state index is -1.04. The normalized spacial score (nSPS) is 21.5. The Hall–Kier alpha value is -0.530. The molecule has 1 spiro atoms. The monoisotopic (exact) mass is 620 g/mol. The second kappa shape index (κ2) is 10.2. The summed E-state index contributed by atoms with van der Waals surface area (Å²) in [4.78, 5) is 16.6. The van der Waals surface area contributed by atoms with Gasteiger partial charge in [0.2, 0.25) is 0 Å². The highest BCUT2D eigenvalue weighted by Crippen LogP contribution is 2.47. The fraction of sp³-hybridized carbons (Fsp3) is 0.591. The lowest BCUT2D eigenvalue weighted by Gasteiger charge is -2.44. The lowest BCUT2D eigenvalue weighted by molar-refractivity contribution is 0.186. The Labute approximate surface area is 221 Å². The van der Waals surface area contributed by atoms with Crippen LogP contribution in [0, 0.1) is 9.12 Å². The van der Waals surface area contributed by atoms with Crippen LogP contribution < -0.4 is 15.4 Å². The molecule has 1 saturated heterocycles. The first-order valence-electron chi connectivity index (χ1n) is 11.1. The van der Waals surface area contributed by atoms with Crippen LogP contribution in [0.25, 0.3) is 0 Å². The molecular formula is C22H30ClIN6OS2. The first-order valence-corrected chi connectivity index (χ1v) is 14.5. The summed E-state index contributed by atoms with van der Waals surface area (Å²) in [5, 5.41) is 1.24. The zero-order valence-corrected chi connectivity index (χ0v) is 23.7. The molecule has 4 rings (SSSR count). The van der Waals surface area contributed by atoms with Crippen molar-refractivity contribution in [3.05, 3.63) is 27.2 Å². The highest BCUT2D eigenvalue weighted by Gasteiger charge is 2.47. The molecule has 0 radical (unpaired) electrons. The SMILES string of the molecule is CC(C)(C)[S+]([O-])N[C@@H]1CCCC12CCN(c1cnc(Sc3ccnc(N)c3Cl)c(I)n1)CC2. The molecule has 0 amide bonds. The molecule has 2 atom stereocenters. The first-order chi connectivity index (χ1) is 15.6. The van der Waals surface area contributed by atoms with Crippen molar-refractivity contribution in [1.82, 2.24) is 19.7 Å². The molecule has 11 heteroatoms. The Balaban J connectivity index is 1.41. The van der Waals surface area contributed by atoms with Gasteiger partial charge in [-0.05, 0) is 80.5 Å². The van der Waals surface area contributed by atoms with Gasteiger partial charge in [-0.25, -0.2) is 15.0 Å². The fourth-order valence-corrected chi connectivity index (χ4v) is 7.29. The first kappa shape index (κ1) is 25.6. The minimum absolute atomic E-state index is 0.228. The number of nitrogen functional groups attached to an aromatic ring is 1. The molecule has 33 heavy (non-hydrogen) atoms. The summed E-state index contributed by atoms with van der Waals surface area (Å²) in [6.07, 6.45) is 9.15. The standard InChI is InChI=1S/C22H30ClIN6OS2/c1-21(2,3)33(31)29-15-5-4-7-22(15)8-11-30(12-9-22)16-13-27-20(18(24)28-16)32-14-6-10-26-19(25)17(14)23/h6,10,13,15,29H,4-5,7-9,11-12H2,1-3H3,(H2,25,26)/t15-,33?/m1/s1. The van der Waals surface area contributed by atoms with E-state index < -0.39 is 11.4 Å². The maximum atomic E-state index is 12.7. The van der Waals surface area contributed by atoms with E-state index in [1.54, 1.807) is 6.20 Å². The van der Waals surface area contributed by atoms with Gasteiger partial charge in [0.05, 0.1) is 17.3 Å². The lowest BCUT2D eigenvalue weighted by atomic mass is 9.74. The molecule has 0 bridgehead atoms. The molecule has 2 aliphatic rings. The minimum Gasteiger partial charge on any atom is -0.598 e. The number of nitrogens with zero attached hydrogens (tertiary/aromatic N) is 4. The maximum Gasteiger partial charge on any atom is 0.148 e. The summed E-state index contributed by atoms with van der Waals surface area (Å²) in [7, 11) is 0. The van der Waals surface area contributed by atoms with Crippen molar-refractivity contribution < 1.29 is 4.55 Å². The van der Waals surface area contributed by atoms with Crippen LogP contribution in [-0.4, -0.2) is 43.4 Å². The number of nitrogens with one attached hydrogen (secondary N) is 1. The van der Waals surface area contributed by atoms with E-state index >= 15 is 0 Å². The predicted molar refractivity (Wildman–Crippen MR) is 145 cm³/mol. The third kappa shape index (κ3) is 5.66. The largest absolute Gasteiger partial charge is 0.598 e. The van der Waals surface area contributed by atoms with Gasteiger partial charge in [-0.2, -0.15) is 0 Å². The number of anilines is 2. The van der Waals surface area contributed by atoms with Crippen LogP contribution in [0.3, 0.4) is 0 Å². The zero-order chi connectivity index (χ0) is 23.8. The van der Waals surface area contributed by atoms with Gasteiger partial charge in [-0.15, -0.1) is 4.72 Å². The molecule has 2 aromatic rings. The number of nitrogens with two attached hydrogens (primary N) is 1. The van der Waals surface area contributed by atoms with Gasteiger partial charge < -0.3 is 15.2 Å². The van der Waals surface area contributed by atoms with Crippen molar-refractivity contribution in [2.24, 2.45) is 5.41 Å². The third-order valence-corrected chi connectivity index (χ3v) is 10.9. The van der Waals surface area contributed by atoms with Crippen LogP contribution >= 0.6 is 46.0 Å². The molecule has 3 N–H and O–H groups in total. The Morgan fingerprint density at radius 3 is 2.70 bits per heavy atom. The highest BCUT2D eigenvalue weighted by molar-refractivity contribution is 14.1. The predicted octanol–water partition coefficient (Wildman–Crippen LogP) is 5.05. The van der Waals surface area contributed by atoms with E-state index in [4.69, 9.17) is 22.3 Å². The van der Waals surface area contributed by atoms with Crippen molar-refractivity contribution >= 4 is 69.0 Å². The van der Waals surface area contributed by atoms with Crippen molar-refractivity contribution in [1.29, 1.82) is 0 Å². The number of aromatic nitrogens is 3. The van der Waals surface area contributed by atoms with Crippen LogP contribution in [0.2, 0.25) is 5.02 Å². The van der Waals surface area contributed by atoms with Gasteiger partial charge in [-0.1, -0.05) is 29.8 Å². The number of rotatable bonds is 5. The Bertz CT molecular complexity index is 999. The van der Waals surface area contributed by atoms with Crippen LogP contribution in [-0.2, 0) is 11.4 Å². The second-order valence-corrected chi connectivity index (χ2v) is 14.2. The molecule has 0 aromatic carbocycles. The molecular weight excluding hydrogens is 591 g/mol. The maximum absolute atomic E-state index is 12.7. The Morgan fingerprint density at radius 1 is 1.30 bits per heavy atom. The topological polar surface area (TPSA) is 103 Å². The quantitative estimate of drug-likeness (QED) is 0.354. The Morgan fingerprint density at radius 2 is 2.03 bits per heavy atom. The van der Waals surface area contributed by atoms with E-state index in [9.17, 15) is 4.55 Å². The van der Waals surface area contributed by atoms with E-state index in [0.29, 0.717) is 16.9 Å². The van der Waals surface area contributed by atoms with Gasteiger partial charge in [0.15, 0.2) is 0 Å². The molecule has 7 nitrogen and oxygen atoms in total. The number of piperidine rings is 1. The molecule has 180 valence electrons. The number of hydrogen-bond acceptors (Lipinski definition) is 8. The second-order valence-electron chi connectivity index (χ2n) is 9.73. The van der Waals surface area contributed by atoms with Gasteiger partial charge in [-0.3, -0.25) is 0 Å². The van der Waals surface area contributed by atoms with E-state index in [0.717, 1.165) is 51.8 Å². The fourth-order valence-electron chi connectivity index (χ4n) is 4.60. The molecule has 1 saturated carbocycles. The zero-order valence-electron chi connectivity index (χ0n) is 19.1. The van der Waals surface area contributed by atoms with E-state index in [2.05, 4.69) is 42.2 Å². The summed E-state index contributed by atoms with van der Waals surface area (Å²) in [6, 6.07) is 2.15. The van der Waals surface area contributed by atoms with Crippen molar-refractivity contribution in [3.63, 3.8) is 0 Å². The van der Waals surface area contributed by atoms with Gasteiger partial charge in [0.25, 0.3) is 0 Å². The molecule has 1 aliphatic heterocycles. The van der Waals surface area contributed by atoms with E-state index in [1.807, 2.05) is 33.0 Å². The summed E-state index contributed by atoms with van der Waals surface area (Å²) in [6.45, 7) is 7.95. The number of halogens is 2. The van der Waals surface area contributed by atoms with Crippen LogP contribution in [0.1, 0.15) is 52.9 Å². The Kier molecular flexibility index (Phi) is 7.92. The van der Waals surface area contributed by atoms with E-state index in [-0.39, 0.29) is 10.2 Å². The van der Waals surface area contributed by atoms with Crippen LogP contribution in [0.4, 0.5) is 11.6 Å². The smallest absolute Gasteiger partial charge is 0.148 e. The number of pyridine rings is 1. The molecule has 2 fully saturated rings. The summed E-state index contributed by atoms with van der Waals surface area (Å²) >= 11 is 8.92. The van der Waals surface area contributed by atoms with Gasteiger partial charge in [0.1, 0.15) is 25.1 Å². The van der Waals surface area contributed by atoms with Gasteiger partial charge >= 0.3 is 0 Å². The molecule has 3 heterocycles. The summed E-state index contributed by atoms with van der Waals surface area (Å²) in [5.74, 6) is 1.22.